The SMILES string of the molecule is CC(CC(N)=NO)N1CCC(N2CCOCC2)C1. The highest BCUT2D eigenvalue weighted by Crippen LogP contribution is 2.20. The van der Waals surface area contributed by atoms with E-state index in [0.717, 1.165) is 39.4 Å². The minimum absolute atomic E-state index is 0.317. The van der Waals surface area contributed by atoms with Gasteiger partial charge in [0.15, 0.2) is 0 Å². The number of nitrogens with zero attached hydrogens (tertiary/aromatic N) is 3. The van der Waals surface area contributed by atoms with Gasteiger partial charge in [-0.15, -0.1) is 0 Å². The molecule has 2 rings (SSSR count). The Morgan fingerprint density at radius 2 is 2.17 bits per heavy atom. The first-order valence-electron chi connectivity index (χ1n) is 6.73. The van der Waals surface area contributed by atoms with Crippen LogP contribution in [0.4, 0.5) is 0 Å². The van der Waals surface area contributed by atoms with E-state index in [1.165, 1.54) is 6.42 Å². The van der Waals surface area contributed by atoms with E-state index in [4.69, 9.17) is 15.7 Å². The Morgan fingerprint density at radius 1 is 1.44 bits per heavy atom. The third-order valence-corrected chi connectivity index (χ3v) is 4.01. The molecule has 0 aromatic rings. The first kappa shape index (κ1) is 13.6. The molecule has 0 spiro atoms. The van der Waals surface area contributed by atoms with E-state index in [1.54, 1.807) is 0 Å². The lowest BCUT2D eigenvalue weighted by Gasteiger charge is -2.32. The summed E-state index contributed by atoms with van der Waals surface area (Å²) in [5.41, 5.74) is 5.57. The molecular weight excluding hydrogens is 232 g/mol. The lowest BCUT2D eigenvalue weighted by molar-refractivity contribution is 0.0178. The van der Waals surface area contributed by atoms with Crippen LogP contribution in [0.25, 0.3) is 0 Å². The summed E-state index contributed by atoms with van der Waals surface area (Å²) < 4.78 is 5.39. The first-order valence-corrected chi connectivity index (χ1v) is 6.73. The molecule has 2 unspecified atom stereocenters. The fourth-order valence-corrected chi connectivity index (χ4v) is 2.88. The zero-order chi connectivity index (χ0) is 13.0. The van der Waals surface area contributed by atoms with Gasteiger partial charge in [0.2, 0.25) is 0 Å². The molecule has 0 saturated carbocycles. The highest BCUT2D eigenvalue weighted by Gasteiger charge is 2.30. The average molecular weight is 256 g/mol. The van der Waals surface area contributed by atoms with Crippen LogP contribution in [-0.4, -0.2) is 72.3 Å². The number of oxime groups is 1. The minimum atomic E-state index is 0.317. The zero-order valence-electron chi connectivity index (χ0n) is 11.1. The number of ether oxygens (including phenoxy) is 1. The molecule has 2 aliphatic rings. The summed E-state index contributed by atoms with van der Waals surface area (Å²) in [6, 6.07) is 0.982. The standard InChI is InChI=1S/C12H24N4O2/c1-10(8-12(13)14-17)16-3-2-11(9-16)15-4-6-18-7-5-15/h10-11,17H,2-9H2,1H3,(H2,13,14). The second-order valence-electron chi connectivity index (χ2n) is 5.23. The number of morpholine rings is 1. The Labute approximate surface area is 108 Å². The smallest absolute Gasteiger partial charge is 0.140 e. The third-order valence-electron chi connectivity index (χ3n) is 4.01. The van der Waals surface area contributed by atoms with Gasteiger partial charge < -0.3 is 15.7 Å². The molecule has 2 heterocycles. The summed E-state index contributed by atoms with van der Waals surface area (Å²) in [5, 5.41) is 11.7. The quantitative estimate of drug-likeness (QED) is 0.318. The molecule has 0 bridgehead atoms. The summed E-state index contributed by atoms with van der Waals surface area (Å²) in [4.78, 5) is 4.96. The average Bonchev–Trinajstić information content (AvgIpc) is 2.89. The highest BCUT2D eigenvalue weighted by molar-refractivity contribution is 5.80. The largest absolute Gasteiger partial charge is 0.409 e. The maximum Gasteiger partial charge on any atom is 0.140 e. The van der Waals surface area contributed by atoms with Crippen LogP contribution in [0.1, 0.15) is 19.8 Å². The van der Waals surface area contributed by atoms with Crippen LogP contribution in [-0.2, 0) is 4.74 Å². The highest BCUT2D eigenvalue weighted by atomic mass is 16.5. The molecule has 2 saturated heterocycles. The van der Waals surface area contributed by atoms with Gasteiger partial charge in [-0.25, -0.2) is 0 Å². The Bertz CT molecular complexity index is 292. The predicted molar refractivity (Wildman–Crippen MR) is 69.9 cm³/mol. The van der Waals surface area contributed by atoms with Crippen molar-refractivity contribution in [3.05, 3.63) is 0 Å². The van der Waals surface area contributed by atoms with Crippen LogP contribution < -0.4 is 5.73 Å². The number of rotatable bonds is 4. The minimum Gasteiger partial charge on any atom is -0.409 e. The van der Waals surface area contributed by atoms with E-state index < -0.39 is 0 Å². The molecule has 2 atom stereocenters. The van der Waals surface area contributed by atoms with Gasteiger partial charge in [0.25, 0.3) is 0 Å². The summed E-state index contributed by atoms with van der Waals surface area (Å²) in [6.45, 7) is 8.13. The van der Waals surface area contributed by atoms with Crippen LogP contribution >= 0.6 is 0 Å². The van der Waals surface area contributed by atoms with E-state index in [2.05, 4.69) is 21.9 Å². The van der Waals surface area contributed by atoms with Crippen molar-refractivity contribution in [2.45, 2.75) is 31.8 Å². The summed E-state index contributed by atoms with van der Waals surface area (Å²) in [7, 11) is 0. The molecule has 2 fully saturated rings. The Kier molecular flexibility index (Phi) is 4.79. The number of amidine groups is 1. The Morgan fingerprint density at radius 3 is 2.83 bits per heavy atom. The molecule has 104 valence electrons. The van der Waals surface area contributed by atoms with Crippen LogP contribution in [0.5, 0.6) is 0 Å². The van der Waals surface area contributed by atoms with Gasteiger partial charge in [0, 0.05) is 44.7 Å². The van der Waals surface area contributed by atoms with E-state index >= 15 is 0 Å². The molecule has 0 aromatic heterocycles. The van der Waals surface area contributed by atoms with Gasteiger partial charge in [-0.3, -0.25) is 9.80 Å². The fourth-order valence-electron chi connectivity index (χ4n) is 2.88. The van der Waals surface area contributed by atoms with Crippen molar-refractivity contribution in [3.8, 4) is 0 Å². The Hall–Kier alpha value is -0.850. The number of nitrogens with two attached hydrogens (primary N) is 1. The van der Waals surface area contributed by atoms with Crippen molar-refractivity contribution in [3.63, 3.8) is 0 Å². The van der Waals surface area contributed by atoms with Crippen molar-refractivity contribution in [1.82, 2.24) is 9.80 Å². The maximum atomic E-state index is 8.60. The third kappa shape index (κ3) is 3.34. The molecule has 3 N–H and O–H groups in total. The van der Waals surface area contributed by atoms with Gasteiger partial charge in [0.1, 0.15) is 5.84 Å². The molecule has 0 amide bonds. The Balaban J connectivity index is 1.80. The molecule has 0 aromatic carbocycles. The number of likely N-dealkylation sites (tertiary alicyclic amines) is 1. The maximum absolute atomic E-state index is 8.60. The second kappa shape index (κ2) is 6.36. The monoisotopic (exact) mass is 256 g/mol. The molecule has 6 nitrogen and oxygen atoms in total. The lowest BCUT2D eigenvalue weighted by Crippen LogP contribution is -2.45. The van der Waals surface area contributed by atoms with E-state index in [9.17, 15) is 0 Å². The van der Waals surface area contributed by atoms with Crippen LogP contribution in [0.15, 0.2) is 5.16 Å². The van der Waals surface area contributed by atoms with Crippen molar-refractivity contribution >= 4 is 5.84 Å². The van der Waals surface area contributed by atoms with Crippen LogP contribution in [0, 0.1) is 0 Å². The van der Waals surface area contributed by atoms with Gasteiger partial charge in [-0.1, -0.05) is 5.16 Å². The summed E-state index contributed by atoms with van der Waals surface area (Å²) in [6.07, 6.45) is 1.84. The van der Waals surface area contributed by atoms with E-state index in [1.807, 2.05) is 0 Å². The zero-order valence-corrected chi connectivity index (χ0v) is 11.1. The molecule has 2 aliphatic heterocycles. The van der Waals surface area contributed by atoms with Gasteiger partial charge in [0.05, 0.1) is 13.2 Å². The second-order valence-corrected chi connectivity index (χ2v) is 5.23. The summed E-state index contributed by atoms with van der Waals surface area (Å²) in [5.74, 6) is 0.317. The topological polar surface area (TPSA) is 74.3 Å². The predicted octanol–water partition coefficient (Wildman–Crippen LogP) is -0.0821. The van der Waals surface area contributed by atoms with Crippen LogP contribution in [0.2, 0.25) is 0 Å². The normalized spacial score (nSPS) is 29.6. The van der Waals surface area contributed by atoms with Crippen molar-refractivity contribution in [2.24, 2.45) is 10.9 Å². The van der Waals surface area contributed by atoms with Crippen molar-refractivity contribution in [2.75, 3.05) is 39.4 Å². The first-order chi connectivity index (χ1) is 8.70. The molecule has 18 heavy (non-hydrogen) atoms. The van der Waals surface area contributed by atoms with E-state index in [0.29, 0.717) is 24.3 Å². The van der Waals surface area contributed by atoms with Crippen LogP contribution in [0.3, 0.4) is 0 Å². The number of hydrogen-bond donors (Lipinski definition) is 2. The fraction of sp³-hybridized carbons (Fsp3) is 0.917. The lowest BCUT2D eigenvalue weighted by atomic mass is 10.2. The molecular formula is C12H24N4O2. The van der Waals surface area contributed by atoms with Gasteiger partial charge >= 0.3 is 0 Å². The molecule has 0 aliphatic carbocycles. The van der Waals surface area contributed by atoms with Gasteiger partial charge in [-0.2, -0.15) is 0 Å². The number of hydrogen-bond acceptors (Lipinski definition) is 5. The molecule has 6 heteroatoms. The van der Waals surface area contributed by atoms with Crippen molar-refractivity contribution in [1.29, 1.82) is 0 Å². The van der Waals surface area contributed by atoms with Gasteiger partial charge in [-0.05, 0) is 13.3 Å². The summed E-state index contributed by atoms with van der Waals surface area (Å²) >= 11 is 0. The van der Waals surface area contributed by atoms with Crippen molar-refractivity contribution < 1.29 is 9.94 Å². The van der Waals surface area contributed by atoms with E-state index in [-0.39, 0.29) is 0 Å². The molecule has 0 radical (unpaired) electrons.